The Bertz CT molecular complexity index is 1350. The number of urea groups is 2. The third-order valence-electron chi connectivity index (χ3n) is 6.31. The molecule has 0 radical (unpaired) electrons. The SMILES string of the molecule is COc1ccccc1NC(=O)Nc1ccc(N2CCN(C(=O)Nc3ccc(OCCO)cc3C(F)(F)F)CC2)cc1. The number of aliphatic hydroxyl groups is 1. The normalized spacial score (nSPS) is 13.4. The summed E-state index contributed by atoms with van der Waals surface area (Å²) >= 11 is 0. The van der Waals surface area contributed by atoms with Crippen LogP contribution in [0.15, 0.2) is 66.7 Å². The van der Waals surface area contributed by atoms with E-state index in [1.165, 1.54) is 18.1 Å². The first kappa shape index (κ1) is 29.3. The van der Waals surface area contributed by atoms with E-state index in [-0.39, 0.29) is 24.7 Å². The number of carbonyl (C=O) groups is 2. The van der Waals surface area contributed by atoms with Gasteiger partial charge in [0.1, 0.15) is 18.1 Å². The first-order chi connectivity index (χ1) is 19.7. The van der Waals surface area contributed by atoms with E-state index in [2.05, 4.69) is 16.0 Å². The van der Waals surface area contributed by atoms with Crippen LogP contribution in [-0.4, -0.2) is 68.6 Å². The molecule has 41 heavy (non-hydrogen) atoms. The Kier molecular flexibility index (Phi) is 9.40. The van der Waals surface area contributed by atoms with Crippen molar-refractivity contribution in [2.45, 2.75) is 6.18 Å². The number of benzene rings is 3. The third-order valence-corrected chi connectivity index (χ3v) is 6.31. The van der Waals surface area contributed by atoms with E-state index in [0.717, 1.165) is 17.8 Å². The highest BCUT2D eigenvalue weighted by atomic mass is 19.4. The molecule has 10 nitrogen and oxygen atoms in total. The predicted molar refractivity (Wildman–Crippen MR) is 149 cm³/mol. The second-order valence-corrected chi connectivity index (χ2v) is 9.01. The zero-order valence-electron chi connectivity index (χ0n) is 22.2. The molecule has 1 saturated heterocycles. The number of alkyl halides is 3. The van der Waals surface area contributed by atoms with Crippen molar-refractivity contribution < 1.29 is 37.3 Å². The van der Waals surface area contributed by atoms with Crippen LogP contribution in [0.3, 0.4) is 0 Å². The minimum atomic E-state index is -4.71. The maximum atomic E-state index is 13.6. The second kappa shape index (κ2) is 13.1. The summed E-state index contributed by atoms with van der Waals surface area (Å²) < 4.78 is 51.1. The lowest BCUT2D eigenvalue weighted by Crippen LogP contribution is -2.50. The largest absolute Gasteiger partial charge is 0.495 e. The average molecular weight is 574 g/mol. The maximum Gasteiger partial charge on any atom is 0.418 e. The Balaban J connectivity index is 1.30. The molecule has 1 aliphatic rings. The predicted octanol–water partition coefficient (Wildman–Crippen LogP) is 5.08. The number of halogens is 3. The number of anilines is 4. The lowest BCUT2D eigenvalue weighted by molar-refractivity contribution is -0.137. The van der Waals surface area contributed by atoms with Crippen LogP contribution < -0.4 is 30.3 Å². The molecule has 1 aliphatic heterocycles. The minimum absolute atomic E-state index is 0.0590. The first-order valence-corrected chi connectivity index (χ1v) is 12.7. The van der Waals surface area contributed by atoms with Gasteiger partial charge in [0.15, 0.2) is 0 Å². The third kappa shape index (κ3) is 7.72. The summed E-state index contributed by atoms with van der Waals surface area (Å²) in [7, 11) is 1.52. The number of aliphatic hydroxyl groups excluding tert-OH is 1. The molecule has 0 aliphatic carbocycles. The molecule has 4 N–H and O–H groups in total. The molecule has 0 saturated carbocycles. The minimum Gasteiger partial charge on any atom is -0.495 e. The lowest BCUT2D eigenvalue weighted by atomic mass is 10.1. The molecule has 3 aromatic carbocycles. The quantitative estimate of drug-likeness (QED) is 0.299. The molecule has 218 valence electrons. The van der Waals surface area contributed by atoms with Crippen molar-refractivity contribution in [2.75, 3.05) is 67.4 Å². The Morgan fingerprint density at radius 3 is 2.27 bits per heavy atom. The topological polar surface area (TPSA) is 115 Å². The van der Waals surface area contributed by atoms with Gasteiger partial charge in [0, 0.05) is 37.6 Å². The highest BCUT2D eigenvalue weighted by Gasteiger charge is 2.35. The lowest BCUT2D eigenvalue weighted by Gasteiger charge is -2.36. The summed E-state index contributed by atoms with van der Waals surface area (Å²) in [4.78, 5) is 28.7. The fraction of sp³-hybridized carbons (Fsp3) is 0.286. The average Bonchev–Trinajstić information content (AvgIpc) is 2.96. The van der Waals surface area contributed by atoms with Gasteiger partial charge >= 0.3 is 18.2 Å². The Labute approximate surface area is 234 Å². The fourth-order valence-electron chi connectivity index (χ4n) is 4.27. The van der Waals surface area contributed by atoms with Gasteiger partial charge in [0.25, 0.3) is 0 Å². The summed E-state index contributed by atoms with van der Waals surface area (Å²) in [6.45, 7) is 1.04. The van der Waals surface area contributed by atoms with Crippen LogP contribution in [-0.2, 0) is 6.18 Å². The zero-order chi connectivity index (χ0) is 29.4. The number of hydrogen-bond acceptors (Lipinski definition) is 6. The number of hydrogen-bond donors (Lipinski definition) is 4. The molecule has 0 atom stereocenters. The van der Waals surface area contributed by atoms with Crippen molar-refractivity contribution in [1.82, 2.24) is 4.90 Å². The van der Waals surface area contributed by atoms with Gasteiger partial charge in [-0.3, -0.25) is 0 Å². The Hall–Kier alpha value is -4.65. The van der Waals surface area contributed by atoms with Crippen molar-refractivity contribution in [3.63, 3.8) is 0 Å². The number of para-hydroxylation sites is 2. The van der Waals surface area contributed by atoms with E-state index in [0.29, 0.717) is 43.3 Å². The van der Waals surface area contributed by atoms with Crippen molar-refractivity contribution in [3.05, 3.63) is 72.3 Å². The number of rotatable bonds is 8. The molecule has 1 fully saturated rings. The van der Waals surface area contributed by atoms with Crippen LogP contribution in [0.2, 0.25) is 0 Å². The maximum absolute atomic E-state index is 13.6. The molecule has 3 aromatic rings. The number of nitrogens with one attached hydrogen (secondary N) is 3. The van der Waals surface area contributed by atoms with E-state index < -0.39 is 23.8 Å². The molecule has 0 spiro atoms. The number of piperazine rings is 1. The number of nitrogens with zero attached hydrogens (tertiary/aromatic N) is 2. The first-order valence-electron chi connectivity index (χ1n) is 12.7. The van der Waals surface area contributed by atoms with Crippen LogP contribution in [0.1, 0.15) is 5.56 Å². The van der Waals surface area contributed by atoms with Gasteiger partial charge in [-0.15, -0.1) is 0 Å². The second-order valence-electron chi connectivity index (χ2n) is 9.01. The fourth-order valence-corrected chi connectivity index (χ4v) is 4.27. The van der Waals surface area contributed by atoms with Crippen molar-refractivity contribution in [1.29, 1.82) is 0 Å². The van der Waals surface area contributed by atoms with Gasteiger partial charge in [-0.1, -0.05) is 12.1 Å². The van der Waals surface area contributed by atoms with E-state index in [4.69, 9.17) is 14.6 Å². The number of ether oxygens (including phenoxy) is 2. The standard InChI is InChI=1S/C28H30F3N5O5/c1-40-25-5-3-2-4-24(25)33-26(38)32-19-6-8-20(9-7-19)35-12-14-36(15-13-35)27(39)34-23-11-10-21(41-17-16-37)18-22(23)28(29,30)31/h2-11,18,37H,12-17H2,1H3,(H,34,39)(H2,32,33,38). The zero-order valence-corrected chi connectivity index (χ0v) is 22.2. The monoisotopic (exact) mass is 573 g/mol. The Morgan fingerprint density at radius 2 is 1.61 bits per heavy atom. The number of carbonyl (C=O) groups excluding carboxylic acids is 2. The number of methoxy groups -OCH3 is 1. The highest BCUT2D eigenvalue weighted by molar-refractivity contribution is 6.00. The van der Waals surface area contributed by atoms with Gasteiger partial charge in [0.05, 0.1) is 30.7 Å². The van der Waals surface area contributed by atoms with Gasteiger partial charge in [0.2, 0.25) is 0 Å². The number of amides is 4. The van der Waals surface area contributed by atoms with E-state index in [1.54, 1.807) is 36.4 Å². The summed E-state index contributed by atoms with van der Waals surface area (Å²) in [5, 5.41) is 16.7. The van der Waals surface area contributed by atoms with Crippen LogP contribution in [0.5, 0.6) is 11.5 Å². The van der Waals surface area contributed by atoms with Gasteiger partial charge in [-0.05, 0) is 54.6 Å². The molecular weight excluding hydrogens is 543 g/mol. The molecule has 13 heteroatoms. The van der Waals surface area contributed by atoms with Gasteiger partial charge in [-0.25, -0.2) is 9.59 Å². The summed E-state index contributed by atoms with van der Waals surface area (Å²) in [6.07, 6.45) is -4.71. The van der Waals surface area contributed by atoms with E-state index in [9.17, 15) is 22.8 Å². The van der Waals surface area contributed by atoms with Gasteiger partial charge in [-0.2, -0.15) is 13.2 Å². The summed E-state index contributed by atoms with van der Waals surface area (Å²) in [5.74, 6) is 0.477. The molecule has 4 amide bonds. The van der Waals surface area contributed by atoms with Crippen molar-refractivity contribution >= 4 is 34.8 Å². The van der Waals surface area contributed by atoms with Crippen molar-refractivity contribution in [3.8, 4) is 11.5 Å². The summed E-state index contributed by atoms with van der Waals surface area (Å²) in [6, 6.07) is 16.4. The Morgan fingerprint density at radius 1 is 0.902 bits per heavy atom. The van der Waals surface area contributed by atoms with Crippen LogP contribution in [0.4, 0.5) is 45.5 Å². The van der Waals surface area contributed by atoms with Crippen LogP contribution in [0, 0.1) is 0 Å². The van der Waals surface area contributed by atoms with E-state index >= 15 is 0 Å². The molecular formula is C28H30F3N5O5. The van der Waals surface area contributed by atoms with Crippen LogP contribution >= 0.6 is 0 Å². The molecule has 0 unspecified atom stereocenters. The molecule has 4 rings (SSSR count). The van der Waals surface area contributed by atoms with Crippen LogP contribution in [0.25, 0.3) is 0 Å². The highest BCUT2D eigenvalue weighted by Crippen LogP contribution is 2.37. The summed E-state index contributed by atoms with van der Waals surface area (Å²) in [5.41, 5.74) is 0.569. The van der Waals surface area contributed by atoms with E-state index in [1.807, 2.05) is 17.0 Å². The van der Waals surface area contributed by atoms with Gasteiger partial charge < -0.3 is 40.3 Å². The molecule has 1 heterocycles. The molecule has 0 bridgehead atoms. The van der Waals surface area contributed by atoms with Crippen molar-refractivity contribution in [2.24, 2.45) is 0 Å². The molecule has 0 aromatic heterocycles. The smallest absolute Gasteiger partial charge is 0.418 e.